The van der Waals surface area contributed by atoms with Gasteiger partial charge in [-0.25, -0.2) is 8.42 Å². The number of carbonyl (C=O) groups excluding carboxylic acids is 1. The number of rotatable bonds is 7. The van der Waals surface area contributed by atoms with Crippen molar-refractivity contribution in [1.82, 2.24) is 10.3 Å². The van der Waals surface area contributed by atoms with Crippen LogP contribution in [0.5, 0.6) is 5.75 Å². The zero-order valence-corrected chi connectivity index (χ0v) is 15.0. The number of halogens is 1. The number of nitro groups is 1. The number of carbonyl (C=O) groups is 1. The Balaban J connectivity index is 1.92. The molecular formula is C15H14ClN3O6S. The van der Waals surface area contributed by atoms with Crippen LogP contribution < -0.4 is 15.0 Å². The van der Waals surface area contributed by atoms with Crippen LogP contribution in [0, 0.1) is 17.0 Å². The lowest BCUT2D eigenvalue weighted by Gasteiger charge is -2.11. The predicted octanol–water partition coefficient (Wildman–Crippen LogP) is 1.95. The molecule has 0 saturated carbocycles. The topological polar surface area (TPSA) is 128 Å². The van der Waals surface area contributed by atoms with Gasteiger partial charge in [0.1, 0.15) is 5.75 Å². The number of nitrogens with zero attached hydrogens (tertiary/aromatic N) is 1. The zero-order chi connectivity index (χ0) is 19.3. The van der Waals surface area contributed by atoms with Gasteiger partial charge in [-0.3, -0.25) is 20.3 Å². The van der Waals surface area contributed by atoms with Gasteiger partial charge in [0.15, 0.2) is 6.61 Å². The summed E-state index contributed by atoms with van der Waals surface area (Å²) in [5.74, 6) is -0.299. The second kappa shape index (κ2) is 8.13. The van der Waals surface area contributed by atoms with E-state index in [0.29, 0.717) is 10.8 Å². The number of aryl methyl sites for hydroxylation is 1. The maximum absolute atomic E-state index is 12.0. The first-order valence-electron chi connectivity index (χ1n) is 7.13. The zero-order valence-electron chi connectivity index (χ0n) is 13.4. The normalized spacial score (nSPS) is 11.0. The number of benzene rings is 2. The molecule has 138 valence electrons. The van der Waals surface area contributed by atoms with Crippen LogP contribution in [-0.2, 0) is 14.8 Å². The Kier molecular flexibility index (Phi) is 6.14. The number of nitrogens with one attached hydrogen (secondary N) is 2. The third-order valence-electron chi connectivity index (χ3n) is 3.18. The van der Waals surface area contributed by atoms with Crippen molar-refractivity contribution in [2.75, 3.05) is 6.61 Å². The number of sulfonamides is 1. The van der Waals surface area contributed by atoms with E-state index in [2.05, 4.69) is 0 Å². The first kappa shape index (κ1) is 19.6. The lowest BCUT2D eigenvalue weighted by molar-refractivity contribution is -0.384. The van der Waals surface area contributed by atoms with Gasteiger partial charge in [0.2, 0.25) is 0 Å². The molecule has 9 nitrogen and oxygen atoms in total. The molecule has 26 heavy (non-hydrogen) atoms. The van der Waals surface area contributed by atoms with Gasteiger partial charge in [0, 0.05) is 17.2 Å². The highest BCUT2D eigenvalue weighted by Crippen LogP contribution is 2.21. The summed E-state index contributed by atoms with van der Waals surface area (Å²) in [5, 5.41) is 11.1. The lowest BCUT2D eigenvalue weighted by atomic mass is 10.2. The van der Waals surface area contributed by atoms with E-state index < -0.39 is 27.5 Å². The quantitative estimate of drug-likeness (QED) is 0.541. The van der Waals surface area contributed by atoms with Gasteiger partial charge in [0.25, 0.3) is 21.6 Å². The molecule has 0 unspecified atom stereocenters. The molecule has 0 atom stereocenters. The number of hydrazine groups is 1. The Hall–Kier alpha value is -2.69. The van der Waals surface area contributed by atoms with Crippen molar-refractivity contribution < 1.29 is 22.9 Å². The smallest absolute Gasteiger partial charge is 0.272 e. The Morgan fingerprint density at radius 3 is 2.46 bits per heavy atom. The minimum Gasteiger partial charge on any atom is -0.483 e. The number of amides is 1. The molecule has 0 saturated heterocycles. The van der Waals surface area contributed by atoms with Gasteiger partial charge in [-0.2, -0.15) is 0 Å². The van der Waals surface area contributed by atoms with E-state index in [1.54, 1.807) is 25.1 Å². The van der Waals surface area contributed by atoms with Crippen LogP contribution in [0.4, 0.5) is 5.69 Å². The van der Waals surface area contributed by atoms with Crippen molar-refractivity contribution in [1.29, 1.82) is 0 Å². The Morgan fingerprint density at radius 1 is 1.23 bits per heavy atom. The summed E-state index contributed by atoms with van der Waals surface area (Å²) in [6.45, 7) is 1.32. The van der Waals surface area contributed by atoms with E-state index >= 15 is 0 Å². The second-order valence-corrected chi connectivity index (χ2v) is 7.22. The number of ether oxygens (including phenoxy) is 1. The summed E-state index contributed by atoms with van der Waals surface area (Å²) in [4.78, 5) is 23.3. The fourth-order valence-electron chi connectivity index (χ4n) is 1.88. The van der Waals surface area contributed by atoms with Crippen LogP contribution in [0.1, 0.15) is 5.56 Å². The molecule has 11 heteroatoms. The number of non-ortho nitro benzene ring substituents is 1. The molecule has 0 aliphatic rings. The minimum absolute atomic E-state index is 0.238. The van der Waals surface area contributed by atoms with Crippen molar-refractivity contribution >= 4 is 33.2 Å². The molecule has 0 aromatic heterocycles. The molecule has 2 N–H and O–H groups in total. The van der Waals surface area contributed by atoms with Crippen molar-refractivity contribution in [2.45, 2.75) is 11.8 Å². The first-order chi connectivity index (χ1) is 12.2. The van der Waals surface area contributed by atoms with Crippen LogP contribution in [-0.4, -0.2) is 25.9 Å². The molecule has 0 aliphatic carbocycles. The van der Waals surface area contributed by atoms with Crippen molar-refractivity contribution in [3.63, 3.8) is 0 Å². The van der Waals surface area contributed by atoms with Crippen LogP contribution >= 0.6 is 11.6 Å². The summed E-state index contributed by atoms with van der Waals surface area (Å²) < 4.78 is 29.4. The predicted molar refractivity (Wildman–Crippen MR) is 93.2 cm³/mol. The average molecular weight is 400 g/mol. The molecule has 2 rings (SSSR count). The Labute approximate surface area is 154 Å². The Morgan fingerprint density at radius 2 is 1.88 bits per heavy atom. The fraction of sp³-hybridized carbons (Fsp3) is 0.133. The van der Waals surface area contributed by atoms with Gasteiger partial charge in [-0.1, -0.05) is 11.6 Å². The maximum Gasteiger partial charge on any atom is 0.272 e. The van der Waals surface area contributed by atoms with E-state index in [1.807, 2.05) is 10.3 Å². The van der Waals surface area contributed by atoms with E-state index in [1.165, 1.54) is 0 Å². The van der Waals surface area contributed by atoms with Gasteiger partial charge >= 0.3 is 0 Å². The monoisotopic (exact) mass is 399 g/mol. The highest BCUT2D eigenvalue weighted by molar-refractivity contribution is 7.89. The van der Waals surface area contributed by atoms with Crippen molar-refractivity contribution in [2.24, 2.45) is 0 Å². The van der Waals surface area contributed by atoms with Gasteiger partial charge < -0.3 is 4.74 Å². The minimum atomic E-state index is -4.07. The SMILES string of the molecule is Cc1cc(Cl)ccc1OCC(=O)NNS(=O)(=O)c1ccc([N+](=O)[O-])cc1. The summed E-state index contributed by atoms with van der Waals surface area (Å²) in [7, 11) is -4.07. The van der Waals surface area contributed by atoms with E-state index in [0.717, 1.165) is 29.8 Å². The van der Waals surface area contributed by atoms with Crippen LogP contribution in [0.15, 0.2) is 47.4 Å². The average Bonchev–Trinajstić information content (AvgIpc) is 2.59. The molecule has 0 heterocycles. The largest absolute Gasteiger partial charge is 0.483 e. The van der Waals surface area contributed by atoms with E-state index in [4.69, 9.17) is 16.3 Å². The molecule has 2 aromatic carbocycles. The summed E-state index contributed by atoms with van der Waals surface area (Å²) in [6.07, 6.45) is 0. The third kappa shape index (κ3) is 5.15. The van der Waals surface area contributed by atoms with Gasteiger partial charge in [-0.15, -0.1) is 4.83 Å². The van der Waals surface area contributed by atoms with Gasteiger partial charge in [-0.05, 0) is 42.8 Å². The summed E-state index contributed by atoms with van der Waals surface area (Å²) in [6, 6.07) is 9.04. The number of hydrogen-bond donors (Lipinski definition) is 2. The molecule has 1 amide bonds. The number of hydrogen-bond acceptors (Lipinski definition) is 6. The van der Waals surface area contributed by atoms with Gasteiger partial charge in [0.05, 0.1) is 9.82 Å². The highest BCUT2D eigenvalue weighted by atomic mass is 35.5. The van der Waals surface area contributed by atoms with Crippen LogP contribution in [0.3, 0.4) is 0 Å². The maximum atomic E-state index is 12.0. The van der Waals surface area contributed by atoms with Crippen LogP contribution in [0.25, 0.3) is 0 Å². The summed E-state index contributed by atoms with van der Waals surface area (Å²) >= 11 is 5.82. The molecule has 0 radical (unpaired) electrons. The lowest BCUT2D eigenvalue weighted by Crippen LogP contribution is -2.43. The fourth-order valence-corrected chi connectivity index (χ4v) is 2.97. The summed E-state index contributed by atoms with van der Waals surface area (Å²) in [5.41, 5.74) is 2.47. The van der Waals surface area contributed by atoms with E-state index in [-0.39, 0.29) is 10.6 Å². The molecule has 0 fully saturated rings. The standard InChI is InChI=1S/C15H14ClN3O6S/c1-10-8-11(16)2-7-14(10)25-9-15(20)17-18-26(23,24)13-5-3-12(4-6-13)19(21)22/h2-8,18H,9H2,1H3,(H,17,20). The first-order valence-corrected chi connectivity index (χ1v) is 8.99. The van der Waals surface area contributed by atoms with Crippen molar-refractivity contribution in [3.8, 4) is 5.75 Å². The molecule has 2 aromatic rings. The highest BCUT2D eigenvalue weighted by Gasteiger charge is 2.17. The second-order valence-electron chi connectivity index (χ2n) is 5.10. The van der Waals surface area contributed by atoms with E-state index in [9.17, 15) is 23.3 Å². The Bertz CT molecular complexity index is 931. The molecular weight excluding hydrogens is 386 g/mol. The third-order valence-corrected chi connectivity index (χ3v) is 4.68. The van der Waals surface area contributed by atoms with Crippen LogP contribution in [0.2, 0.25) is 5.02 Å². The van der Waals surface area contributed by atoms with Crippen molar-refractivity contribution in [3.05, 3.63) is 63.2 Å². The molecule has 0 spiro atoms. The number of nitro benzene ring substituents is 1. The molecule has 0 aliphatic heterocycles. The molecule has 0 bridgehead atoms.